The zero-order valence-corrected chi connectivity index (χ0v) is 9.04. The summed E-state index contributed by atoms with van der Waals surface area (Å²) >= 11 is 3.33. The molecular formula is C10H9BrN2O. The van der Waals surface area contributed by atoms with E-state index in [2.05, 4.69) is 21.2 Å². The number of hydrogen-bond donors (Lipinski definition) is 1. The average Bonchev–Trinajstić information content (AvgIpc) is 2.15. The van der Waals surface area contributed by atoms with Gasteiger partial charge < -0.3 is 5.32 Å². The van der Waals surface area contributed by atoms with Gasteiger partial charge in [0.1, 0.15) is 6.42 Å². The van der Waals surface area contributed by atoms with Crippen molar-refractivity contribution in [2.24, 2.45) is 0 Å². The van der Waals surface area contributed by atoms with Crippen molar-refractivity contribution in [3.8, 4) is 6.07 Å². The van der Waals surface area contributed by atoms with Crippen LogP contribution < -0.4 is 5.32 Å². The molecule has 3 nitrogen and oxygen atoms in total. The van der Waals surface area contributed by atoms with Crippen molar-refractivity contribution in [2.45, 2.75) is 13.0 Å². The zero-order valence-electron chi connectivity index (χ0n) is 7.46. The molecule has 0 radical (unpaired) electrons. The lowest BCUT2D eigenvalue weighted by Gasteiger charge is -2.02. The van der Waals surface area contributed by atoms with Gasteiger partial charge in [-0.1, -0.05) is 28.1 Å². The number of hydrogen-bond acceptors (Lipinski definition) is 2. The third-order valence-corrected chi connectivity index (χ3v) is 2.11. The SMILES string of the molecule is N#CCC(=O)NCc1cccc(Br)c1. The van der Waals surface area contributed by atoms with E-state index in [0.717, 1.165) is 10.0 Å². The molecule has 1 N–H and O–H groups in total. The van der Waals surface area contributed by atoms with Crippen molar-refractivity contribution in [1.82, 2.24) is 5.32 Å². The standard InChI is InChI=1S/C10H9BrN2O/c11-9-3-1-2-8(6-9)7-13-10(14)4-5-12/h1-3,6H,4,7H2,(H,13,14). The fourth-order valence-electron chi connectivity index (χ4n) is 0.982. The van der Waals surface area contributed by atoms with Gasteiger partial charge in [-0.2, -0.15) is 5.26 Å². The van der Waals surface area contributed by atoms with E-state index in [1.165, 1.54) is 0 Å². The zero-order chi connectivity index (χ0) is 10.4. The Hall–Kier alpha value is -1.34. The molecule has 0 spiro atoms. The molecule has 1 rings (SSSR count). The lowest BCUT2D eigenvalue weighted by Crippen LogP contribution is -2.21. The third-order valence-electron chi connectivity index (χ3n) is 1.62. The molecule has 0 atom stereocenters. The van der Waals surface area contributed by atoms with Gasteiger partial charge in [0.2, 0.25) is 5.91 Å². The quantitative estimate of drug-likeness (QED) is 0.895. The summed E-state index contributed by atoms with van der Waals surface area (Å²) in [7, 11) is 0. The molecule has 0 fully saturated rings. The van der Waals surface area contributed by atoms with Crippen molar-refractivity contribution in [1.29, 1.82) is 5.26 Å². The summed E-state index contributed by atoms with van der Waals surface area (Å²) in [5, 5.41) is 10.9. The molecule has 0 heterocycles. The maximum Gasteiger partial charge on any atom is 0.234 e. The van der Waals surface area contributed by atoms with Crippen LogP contribution in [-0.4, -0.2) is 5.91 Å². The van der Waals surface area contributed by atoms with Crippen molar-refractivity contribution < 1.29 is 4.79 Å². The second-order valence-electron chi connectivity index (χ2n) is 2.74. The molecule has 0 bridgehead atoms. The van der Waals surface area contributed by atoms with Gasteiger partial charge in [0.25, 0.3) is 0 Å². The summed E-state index contributed by atoms with van der Waals surface area (Å²) in [6.45, 7) is 0.458. The van der Waals surface area contributed by atoms with Gasteiger partial charge in [0.15, 0.2) is 0 Å². The van der Waals surface area contributed by atoms with Crippen LogP contribution in [0.1, 0.15) is 12.0 Å². The summed E-state index contributed by atoms with van der Waals surface area (Å²) in [4.78, 5) is 11.0. The van der Waals surface area contributed by atoms with E-state index in [-0.39, 0.29) is 12.3 Å². The minimum atomic E-state index is -0.243. The number of rotatable bonds is 3. The topological polar surface area (TPSA) is 52.9 Å². The minimum absolute atomic E-state index is 0.0893. The van der Waals surface area contributed by atoms with E-state index in [1.807, 2.05) is 24.3 Å². The second-order valence-corrected chi connectivity index (χ2v) is 3.66. The molecule has 0 unspecified atom stereocenters. The third kappa shape index (κ3) is 3.58. The molecule has 14 heavy (non-hydrogen) atoms. The van der Waals surface area contributed by atoms with Gasteiger partial charge in [-0.05, 0) is 17.7 Å². The van der Waals surface area contributed by atoms with E-state index >= 15 is 0 Å². The van der Waals surface area contributed by atoms with E-state index in [1.54, 1.807) is 6.07 Å². The number of carbonyl (C=O) groups excluding carboxylic acids is 1. The van der Waals surface area contributed by atoms with Crippen LogP contribution in [0.3, 0.4) is 0 Å². The van der Waals surface area contributed by atoms with Gasteiger partial charge in [0.05, 0.1) is 6.07 Å². The summed E-state index contributed by atoms with van der Waals surface area (Å²) in [5.41, 5.74) is 1.01. The molecule has 0 aliphatic rings. The fourth-order valence-corrected chi connectivity index (χ4v) is 1.43. The largest absolute Gasteiger partial charge is 0.351 e. The number of benzene rings is 1. The number of nitrogens with zero attached hydrogens (tertiary/aromatic N) is 1. The van der Waals surface area contributed by atoms with Crippen LogP contribution >= 0.6 is 15.9 Å². The highest BCUT2D eigenvalue weighted by molar-refractivity contribution is 9.10. The first kappa shape index (κ1) is 10.7. The molecule has 1 amide bonds. The van der Waals surface area contributed by atoms with Gasteiger partial charge >= 0.3 is 0 Å². The molecular weight excluding hydrogens is 244 g/mol. The molecule has 1 aromatic carbocycles. The van der Waals surface area contributed by atoms with Crippen LogP contribution in [0.5, 0.6) is 0 Å². The van der Waals surface area contributed by atoms with Crippen molar-refractivity contribution >= 4 is 21.8 Å². The molecule has 0 aliphatic heterocycles. The van der Waals surface area contributed by atoms with E-state index < -0.39 is 0 Å². The Morgan fingerprint density at radius 2 is 2.36 bits per heavy atom. The van der Waals surface area contributed by atoms with Crippen molar-refractivity contribution in [3.63, 3.8) is 0 Å². The predicted molar refractivity (Wildman–Crippen MR) is 56.2 cm³/mol. The Morgan fingerprint density at radius 1 is 1.57 bits per heavy atom. The van der Waals surface area contributed by atoms with Gasteiger partial charge in [-0.3, -0.25) is 4.79 Å². The van der Waals surface area contributed by atoms with E-state index in [0.29, 0.717) is 6.54 Å². The second kappa shape index (κ2) is 5.40. The summed E-state index contributed by atoms with van der Waals surface area (Å²) in [6, 6.07) is 9.45. The highest BCUT2D eigenvalue weighted by Gasteiger charge is 1.99. The molecule has 0 saturated carbocycles. The number of nitriles is 1. The number of halogens is 1. The van der Waals surface area contributed by atoms with Crippen molar-refractivity contribution in [3.05, 3.63) is 34.3 Å². The maximum atomic E-state index is 11.0. The smallest absolute Gasteiger partial charge is 0.234 e. The predicted octanol–water partition coefficient (Wildman–Crippen LogP) is 1.98. The van der Waals surface area contributed by atoms with Crippen molar-refractivity contribution in [2.75, 3.05) is 0 Å². The van der Waals surface area contributed by atoms with E-state index in [9.17, 15) is 4.79 Å². The average molecular weight is 253 g/mol. The molecule has 1 aromatic rings. The molecule has 0 aromatic heterocycles. The summed E-state index contributed by atoms with van der Waals surface area (Å²) in [5.74, 6) is -0.243. The maximum absolute atomic E-state index is 11.0. The normalized spacial score (nSPS) is 9.14. The Labute approximate surface area is 90.9 Å². The monoisotopic (exact) mass is 252 g/mol. The van der Waals surface area contributed by atoms with Crippen LogP contribution in [0, 0.1) is 11.3 Å². The molecule has 0 aliphatic carbocycles. The van der Waals surface area contributed by atoms with Gasteiger partial charge in [-0.25, -0.2) is 0 Å². The van der Waals surface area contributed by atoms with Crippen LogP contribution in [0.25, 0.3) is 0 Å². The molecule has 72 valence electrons. The Balaban J connectivity index is 2.46. The highest BCUT2D eigenvalue weighted by atomic mass is 79.9. The lowest BCUT2D eigenvalue weighted by atomic mass is 10.2. The lowest BCUT2D eigenvalue weighted by molar-refractivity contribution is -0.120. The van der Waals surface area contributed by atoms with Crippen LogP contribution in [0.2, 0.25) is 0 Å². The Bertz CT molecular complexity index is 371. The molecule has 0 saturated heterocycles. The Kier molecular flexibility index (Phi) is 4.14. The first-order chi connectivity index (χ1) is 6.72. The van der Waals surface area contributed by atoms with E-state index in [4.69, 9.17) is 5.26 Å². The summed E-state index contributed by atoms with van der Waals surface area (Å²) in [6.07, 6.45) is -0.0893. The number of carbonyl (C=O) groups is 1. The summed E-state index contributed by atoms with van der Waals surface area (Å²) < 4.78 is 0.976. The van der Waals surface area contributed by atoms with Crippen LogP contribution in [0.15, 0.2) is 28.7 Å². The molecule has 4 heteroatoms. The number of amides is 1. The van der Waals surface area contributed by atoms with Crippen LogP contribution in [-0.2, 0) is 11.3 Å². The number of nitrogens with one attached hydrogen (secondary N) is 1. The highest BCUT2D eigenvalue weighted by Crippen LogP contribution is 2.11. The minimum Gasteiger partial charge on any atom is -0.351 e. The van der Waals surface area contributed by atoms with Crippen LogP contribution in [0.4, 0.5) is 0 Å². The van der Waals surface area contributed by atoms with Gasteiger partial charge in [-0.15, -0.1) is 0 Å². The Morgan fingerprint density at radius 3 is 3.00 bits per heavy atom. The fraction of sp³-hybridized carbons (Fsp3) is 0.200. The first-order valence-corrected chi connectivity index (χ1v) is 4.90. The first-order valence-electron chi connectivity index (χ1n) is 4.10. The van der Waals surface area contributed by atoms with Gasteiger partial charge in [0, 0.05) is 11.0 Å².